The number of benzene rings is 3. The summed E-state index contributed by atoms with van der Waals surface area (Å²) >= 11 is 0. The minimum atomic E-state index is 0. The summed E-state index contributed by atoms with van der Waals surface area (Å²) in [6.07, 6.45) is 2.05. The normalized spacial score (nSPS) is 10.6. The molecule has 3 aromatic carbocycles. The van der Waals surface area contributed by atoms with Crippen LogP contribution in [0.15, 0.2) is 66.9 Å². The van der Waals surface area contributed by atoms with Crippen molar-refractivity contribution in [3.05, 3.63) is 106 Å². The molecule has 163 valence electrons. The van der Waals surface area contributed by atoms with Gasteiger partial charge in [0.1, 0.15) is 0 Å². The molecule has 4 rings (SSSR count). The summed E-state index contributed by atoms with van der Waals surface area (Å²) in [6, 6.07) is 24.9. The van der Waals surface area contributed by atoms with Crippen molar-refractivity contribution >= 4 is 23.1 Å². The Morgan fingerprint density at radius 3 is 1.62 bits per heavy atom. The fourth-order valence-electron chi connectivity index (χ4n) is 5.06. The van der Waals surface area contributed by atoms with E-state index in [2.05, 4.69) is 96.3 Å². The van der Waals surface area contributed by atoms with E-state index in [0.29, 0.717) is 0 Å². The van der Waals surface area contributed by atoms with Gasteiger partial charge in [-0.05, 0) is 47.2 Å². The molecule has 0 unspecified atom stereocenters. The number of pyridine rings is 1. The van der Waals surface area contributed by atoms with Crippen LogP contribution in [0.3, 0.4) is 0 Å². The maximum atomic E-state index is 4.84. The molecule has 0 aliphatic heterocycles. The molecule has 0 spiro atoms. The molecule has 0 aliphatic carbocycles. The van der Waals surface area contributed by atoms with E-state index >= 15 is 0 Å². The van der Waals surface area contributed by atoms with Gasteiger partial charge in [-0.15, -0.1) is 35.9 Å². The zero-order valence-electron chi connectivity index (χ0n) is 19.7. The van der Waals surface area contributed by atoms with Crippen molar-refractivity contribution in [1.82, 2.24) is 4.98 Å². The van der Waals surface area contributed by atoms with E-state index in [4.69, 9.17) is 4.98 Å². The Hall–Kier alpha value is -2.48. The second-order valence-electron chi connectivity index (χ2n) is 8.81. The van der Waals surface area contributed by atoms with Crippen LogP contribution in [0.5, 0.6) is 0 Å². The van der Waals surface area contributed by atoms with Gasteiger partial charge in [-0.1, -0.05) is 86.2 Å². The van der Waals surface area contributed by atoms with Crippen molar-refractivity contribution in [3.8, 4) is 11.3 Å². The Morgan fingerprint density at radius 1 is 0.688 bits per heavy atom. The van der Waals surface area contributed by atoms with Gasteiger partial charge in [0.2, 0.25) is 6.71 Å². The molecule has 0 N–H and O–H groups in total. The molecule has 0 amide bonds. The Balaban J connectivity index is 0.00000289. The van der Waals surface area contributed by atoms with E-state index in [1.807, 2.05) is 18.2 Å². The maximum Gasteiger partial charge on any atom is 0.244 e. The first-order valence-corrected chi connectivity index (χ1v) is 10.9. The first kappa shape index (κ1) is 24.2. The fourth-order valence-corrected chi connectivity index (χ4v) is 5.06. The molecule has 1 radical (unpaired) electrons. The van der Waals surface area contributed by atoms with Crippen molar-refractivity contribution < 1.29 is 20.1 Å². The molecule has 4 aromatic rings. The second kappa shape index (κ2) is 9.98. The molecular formula is C29H29BIrN-. The zero-order valence-corrected chi connectivity index (χ0v) is 22.1. The smallest absolute Gasteiger partial charge is 0.244 e. The predicted octanol–water partition coefficient (Wildman–Crippen LogP) is 4.91. The Bertz CT molecular complexity index is 1130. The molecule has 0 atom stereocenters. The predicted molar refractivity (Wildman–Crippen MR) is 134 cm³/mol. The quantitative estimate of drug-likeness (QED) is 0.242. The third-order valence-corrected chi connectivity index (χ3v) is 6.16. The number of aryl methyl sites for hydroxylation is 6. The first-order valence-electron chi connectivity index (χ1n) is 10.9. The Morgan fingerprint density at radius 2 is 1.22 bits per heavy atom. The largest absolute Gasteiger partial charge is 0.305 e. The van der Waals surface area contributed by atoms with E-state index < -0.39 is 0 Å². The second-order valence-corrected chi connectivity index (χ2v) is 8.81. The van der Waals surface area contributed by atoms with Crippen LogP contribution in [-0.4, -0.2) is 11.7 Å². The van der Waals surface area contributed by atoms with E-state index in [-0.39, 0.29) is 26.8 Å². The summed E-state index contributed by atoms with van der Waals surface area (Å²) in [7, 11) is 0. The van der Waals surface area contributed by atoms with Gasteiger partial charge in [0.05, 0.1) is 0 Å². The van der Waals surface area contributed by atoms with Crippen molar-refractivity contribution in [2.24, 2.45) is 0 Å². The van der Waals surface area contributed by atoms with Gasteiger partial charge in [-0.2, -0.15) is 0 Å². The molecule has 3 heteroatoms. The van der Waals surface area contributed by atoms with E-state index in [1.54, 1.807) is 0 Å². The van der Waals surface area contributed by atoms with Crippen LogP contribution in [0.25, 0.3) is 11.3 Å². The maximum absolute atomic E-state index is 4.84. The molecule has 32 heavy (non-hydrogen) atoms. The molecule has 1 heterocycles. The zero-order chi connectivity index (χ0) is 22.1. The van der Waals surface area contributed by atoms with E-state index in [1.165, 1.54) is 49.8 Å². The summed E-state index contributed by atoms with van der Waals surface area (Å²) in [5.41, 5.74) is 13.9. The number of hydrogen-bond acceptors (Lipinski definition) is 1. The molecule has 1 aromatic heterocycles. The minimum Gasteiger partial charge on any atom is -0.305 e. The van der Waals surface area contributed by atoms with Crippen LogP contribution in [0, 0.1) is 47.6 Å². The molecule has 0 saturated carbocycles. The van der Waals surface area contributed by atoms with Gasteiger partial charge >= 0.3 is 0 Å². The topological polar surface area (TPSA) is 12.9 Å². The summed E-state index contributed by atoms with van der Waals surface area (Å²) in [4.78, 5) is 4.84. The first-order chi connectivity index (χ1) is 14.8. The van der Waals surface area contributed by atoms with Crippen molar-refractivity contribution in [1.29, 1.82) is 0 Å². The van der Waals surface area contributed by atoms with E-state index in [0.717, 1.165) is 11.3 Å². The molecule has 1 nitrogen and oxygen atoms in total. The van der Waals surface area contributed by atoms with Crippen LogP contribution in [0.1, 0.15) is 33.4 Å². The van der Waals surface area contributed by atoms with Gasteiger partial charge in [0.25, 0.3) is 0 Å². The summed E-state index contributed by atoms with van der Waals surface area (Å²) in [5.74, 6) is 0. The van der Waals surface area contributed by atoms with Crippen molar-refractivity contribution in [2.75, 3.05) is 0 Å². The van der Waals surface area contributed by atoms with Crippen LogP contribution in [0.2, 0.25) is 0 Å². The number of nitrogens with zero attached hydrogens (tertiary/aromatic N) is 1. The minimum absolute atomic E-state index is 0. The van der Waals surface area contributed by atoms with Crippen LogP contribution >= 0.6 is 0 Å². The molecule has 0 aliphatic rings. The monoisotopic (exact) mass is 595 g/mol. The Labute approximate surface area is 206 Å². The Kier molecular flexibility index (Phi) is 7.54. The summed E-state index contributed by atoms with van der Waals surface area (Å²) in [5, 5.41) is 0. The van der Waals surface area contributed by atoms with Gasteiger partial charge < -0.3 is 4.98 Å². The number of rotatable bonds is 4. The van der Waals surface area contributed by atoms with Gasteiger partial charge in [0.15, 0.2) is 0 Å². The van der Waals surface area contributed by atoms with Crippen LogP contribution in [-0.2, 0) is 20.1 Å². The average molecular weight is 595 g/mol. The third-order valence-electron chi connectivity index (χ3n) is 6.16. The van der Waals surface area contributed by atoms with Crippen LogP contribution < -0.4 is 16.4 Å². The molecule has 0 saturated heterocycles. The number of aromatic nitrogens is 1. The van der Waals surface area contributed by atoms with Crippen molar-refractivity contribution in [3.63, 3.8) is 0 Å². The molecule has 0 bridgehead atoms. The van der Waals surface area contributed by atoms with Crippen molar-refractivity contribution in [2.45, 2.75) is 41.5 Å². The molecular weight excluding hydrogens is 565 g/mol. The summed E-state index contributed by atoms with van der Waals surface area (Å²) < 4.78 is 0. The molecule has 0 fully saturated rings. The third kappa shape index (κ3) is 4.80. The summed E-state index contributed by atoms with van der Waals surface area (Å²) in [6.45, 7) is 13.5. The SMILES string of the molecule is Cc1cc(C)c(B(c2ccc(-c3[c-]cccc3)nc2)c2c(C)cc(C)cc2C)c(C)c1.[Ir]. The van der Waals surface area contributed by atoms with Gasteiger partial charge in [-0.25, -0.2) is 0 Å². The van der Waals surface area contributed by atoms with Gasteiger partial charge in [0, 0.05) is 26.3 Å². The van der Waals surface area contributed by atoms with E-state index in [9.17, 15) is 0 Å². The van der Waals surface area contributed by atoms with Crippen LogP contribution in [0.4, 0.5) is 0 Å². The number of hydrogen-bond donors (Lipinski definition) is 0. The van der Waals surface area contributed by atoms with Gasteiger partial charge in [-0.3, -0.25) is 0 Å². The fraction of sp³-hybridized carbons (Fsp3) is 0.207. The standard InChI is InChI=1S/C29H29BN.Ir/c1-19-14-21(3)28(22(4)15-19)30(29-23(5)16-20(2)17-24(29)6)26-12-13-27(31-18-26)25-10-8-7-9-11-25;/h7-10,12-18H,1-6H3;/q-1;. The average Bonchev–Trinajstić information content (AvgIpc) is 2.72.